The van der Waals surface area contributed by atoms with E-state index >= 15 is 0 Å². The third kappa shape index (κ3) is 4.84. The Bertz CT molecular complexity index is 584. The van der Waals surface area contributed by atoms with Gasteiger partial charge in [-0.1, -0.05) is 19.3 Å². The highest BCUT2D eigenvalue weighted by Crippen LogP contribution is 2.28. The molecule has 1 saturated heterocycles. The summed E-state index contributed by atoms with van der Waals surface area (Å²) in [4.78, 5) is 22.7. The summed E-state index contributed by atoms with van der Waals surface area (Å²) in [5.41, 5.74) is 0. The summed E-state index contributed by atoms with van der Waals surface area (Å²) in [5.74, 6) is 1.37. The molecule has 0 radical (unpaired) electrons. The van der Waals surface area contributed by atoms with E-state index < -0.39 is 6.10 Å². The number of hydrogen-bond donors (Lipinski definition) is 2. The van der Waals surface area contributed by atoms with Crippen molar-refractivity contribution in [3.05, 3.63) is 12.4 Å². The summed E-state index contributed by atoms with van der Waals surface area (Å²) in [5, 5.41) is 13.8. The first-order valence-electron chi connectivity index (χ1n) is 9.85. The molecule has 144 valence electrons. The van der Waals surface area contributed by atoms with E-state index in [0.717, 1.165) is 44.3 Å². The van der Waals surface area contributed by atoms with Gasteiger partial charge < -0.3 is 20.1 Å². The van der Waals surface area contributed by atoms with Gasteiger partial charge in [-0.2, -0.15) is 0 Å². The van der Waals surface area contributed by atoms with Crippen LogP contribution in [-0.2, 0) is 4.79 Å². The first-order valence-corrected chi connectivity index (χ1v) is 9.85. The van der Waals surface area contributed by atoms with E-state index in [0.29, 0.717) is 25.6 Å². The van der Waals surface area contributed by atoms with Gasteiger partial charge >= 0.3 is 0 Å². The zero-order valence-electron chi connectivity index (χ0n) is 15.6. The van der Waals surface area contributed by atoms with Crippen LogP contribution in [0.4, 0.5) is 5.82 Å². The number of carbonyl (C=O) groups excluding carboxylic acids is 1. The minimum Gasteiger partial charge on any atom is -0.478 e. The first-order chi connectivity index (χ1) is 12.7. The molecule has 2 heterocycles. The van der Waals surface area contributed by atoms with Gasteiger partial charge in [0.1, 0.15) is 18.2 Å². The molecule has 26 heavy (non-hydrogen) atoms. The quantitative estimate of drug-likeness (QED) is 0.807. The number of amides is 1. The average Bonchev–Trinajstić information content (AvgIpc) is 2.69. The molecule has 1 aliphatic heterocycles. The van der Waals surface area contributed by atoms with Gasteiger partial charge in [-0.05, 0) is 38.5 Å². The molecular formula is C19H30N4O3. The highest BCUT2D eigenvalue weighted by Gasteiger charge is 2.32. The second-order valence-electron chi connectivity index (χ2n) is 7.26. The smallest absolute Gasteiger partial charge is 0.251 e. The molecule has 1 aromatic heterocycles. The van der Waals surface area contributed by atoms with Gasteiger partial charge in [0.25, 0.3) is 5.91 Å². The molecule has 1 atom stereocenters. The second kappa shape index (κ2) is 9.16. The van der Waals surface area contributed by atoms with Gasteiger partial charge in [0, 0.05) is 25.2 Å². The summed E-state index contributed by atoms with van der Waals surface area (Å²) in [6, 6.07) is 2.06. The van der Waals surface area contributed by atoms with Gasteiger partial charge in [-0.15, -0.1) is 0 Å². The van der Waals surface area contributed by atoms with E-state index in [-0.39, 0.29) is 17.9 Å². The fraction of sp³-hybridized carbons (Fsp3) is 0.737. The lowest BCUT2D eigenvalue weighted by molar-refractivity contribution is -0.144. The van der Waals surface area contributed by atoms with Crippen LogP contribution in [0.1, 0.15) is 51.9 Å². The number of nitrogens with zero attached hydrogens (tertiary/aromatic N) is 3. The number of rotatable bonds is 6. The summed E-state index contributed by atoms with van der Waals surface area (Å²) >= 11 is 0. The maximum absolute atomic E-state index is 12.6. The monoisotopic (exact) mass is 362 g/mol. The molecule has 3 rings (SSSR count). The van der Waals surface area contributed by atoms with E-state index in [1.165, 1.54) is 12.7 Å². The van der Waals surface area contributed by atoms with E-state index in [4.69, 9.17) is 4.74 Å². The minimum atomic E-state index is -0.824. The van der Waals surface area contributed by atoms with Crippen LogP contribution in [0, 0.1) is 5.92 Å². The number of carbonyl (C=O) groups is 1. The number of aromatic nitrogens is 2. The zero-order chi connectivity index (χ0) is 18.4. The Balaban J connectivity index is 1.47. The fourth-order valence-corrected chi connectivity index (χ4v) is 3.94. The van der Waals surface area contributed by atoms with Crippen LogP contribution in [0.5, 0.6) is 5.88 Å². The molecule has 1 saturated carbocycles. The molecule has 1 amide bonds. The molecule has 7 heteroatoms. The van der Waals surface area contributed by atoms with Gasteiger partial charge in [-0.3, -0.25) is 4.79 Å². The van der Waals surface area contributed by atoms with Crippen molar-refractivity contribution in [2.45, 2.75) is 64.0 Å². The Kier molecular flexibility index (Phi) is 6.66. The highest BCUT2D eigenvalue weighted by molar-refractivity contribution is 5.81. The van der Waals surface area contributed by atoms with Gasteiger partial charge in [0.2, 0.25) is 5.88 Å². The molecule has 2 aliphatic rings. The summed E-state index contributed by atoms with van der Waals surface area (Å²) in [6.07, 6.45) is 7.79. The molecular weight excluding hydrogens is 332 g/mol. The maximum Gasteiger partial charge on any atom is 0.251 e. The average molecular weight is 362 g/mol. The molecule has 2 fully saturated rings. The lowest BCUT2D eigenvalue weighted by atomic mass is 9.84. The van der Waals surface area contributed by atoms with Crippen molar-refractivity contribution in [2.24, 2.45) is 5.92 Å². The van der Waals surface area contributed by atoms with Gasteiger partial charge in [0.15, 0.2) is 0 Å². The molecule has 2 N–H and O–H groups in total. The van der Waals surface area contributed by atoms with Crippen LogP contribution in [0.25, 0.3) is 0 Å². The first kappa shape index (κ1) is 18.9. The van der Waals surface area contributed by atoms with Gasteiger partial charge in [0.05, 0.1) is 6.61 Å². The third-order valence-corrected chi connectivity index (χ3v) is 5.44. The van der Waals surface area contributed by atoms with E-state index in [1.807, 2.05) is 11.8 Å². The van der Waals surface area contributed by atoms with Crippen molar-refractivity contribution in [1.29, 1.82) is 0 Å². The summed E-state index contributed by atoms with van der Waals surface area (Å²) in [7, 11) is 0. The zero-order valence-corrected chi connectivity index (χ0v) is 15.6. The normalized spacial score (nSPS) is 20.6. The molecule has 0 aromatic carbocycles. The van der Waals surface area contributed by atoms with Crippen LogP contribution < -0.4 is 10.1 Å². The topological polar surface area (TPSA) is 87.6 Å². The molecule has 1 unspecified atom stereocenters. The van der Waals surface area contributed by atoms with Crippen molar-refractivity contribution >= 4 is 11.7 Å². The van der Waals surface area contributed by atoms with Crippen LogP contribution in [0.15, 0.2) is 12.4 Å². The molecule has 0 spiro atoms. The van der Waals surface area contributed by atoms with Crippen LogP contribution >= 0.6 is 0 Å². The van der Waals surface area contributed by atoms with Gasteiger partial charge in [-0.25, -0.2) is 9.97 Å². The van der Waals surface area contributed by atoms with E-state index in [9.17, 15) is 9.90 Å². The van der Waals surface area contributed by atoms with Crippen molar-refractivity contribution in [2.75, 3.05) is 25.0 Å². The van der Waals surface area contributed by atoms with Crippen LogP contribution in [0.2, 0.25) is 0 Å². The second-order valence-corrected chi connectivity index (χ2v) is 7.26. The van der Waals surface area contributed by atoms with Crippen LogP contribution in [0.3, 0.4) is 0 Å². The molecule has 7 nitrogen and oxygen atoms in total. The fourth-order valence-electron chi connectivity index (χ4n) is 3.94. The number of anilines is 1. The number of aliphatic hydroxyl groups is 1. The third-order valence-electron chi connectivity index (χ3n) is 5.44. The Morgan fingerprint density at radius 1 is 1.27 bits per heavy atom. The Morgan fingerprint density at radius 3 is 2.69 bits per heavy atom. The number of piperidine rings is 1. The van der Waals surface area contributed by atoms with Crippen molar-refractivity contribution < 1.29 is 14.6 Å². The van der Waals surface area contributed by atoms with Crippen molar-refractivity contribution in [3.63, 3.8) is 0 Å². The van der Waals surface area contributed by atoms with Crippen molar-refractivity contribution in [3.8, 4) is 5.88 Å². The summed E-state index contributed by atoms with van der Waals surface area (Å²) in [6.45, 7) is 3.83. The Morgan fingerprint density at radius 2 is 2.00 bits per heavy atom. The van der Waals surface area contributed by atoms with E-state index in [2.05, 4.69) is 15.3 Å². The predicted octanol–water partition coefficient (Wildman–Crippen LogP) is 2.22. The van der Waals surface area contributed by atoms with Crippen molar-refractivity contribution in [1.82, 2.24) is 14.9 Å². The number of nitrogens with one attached hydrogen (secondary N) is 1. The van der Waals surface area contributed by atoms with Crippen LogP contribution in [-0.4, -0.2) is 57.7 Å². The highest BCUT2D eigenvalue weighted by atomic mass is 16.5. The predicted molar refractivity (Wildman–Crippen MR) is 99.0 cm³/mol. The molecule has 1 aromatic rings. The lowest BCUT2D eigenvalue weighted by Crippen LogP contribution is -2.48. The van der Waals surface area contributed by atoms with E-state index in [1.54, 1.807) is 6.07 Å². The number of ether oxygens (including phenoxy) is 1. The standard InChI is InChI=1S/C19H30N4O3/c1-2-26-17-12-16(20-13-21-17)22-15-8-10-23(11-9-15)19(25)18(24)14-6-4-3-5-7-14/h12-15,18,24H,2-11H2,1H3,(H,20,21,22). The Hall–Kier alpha value is -1.89. The Labute approximate surface area is 155 Å². The lowest BCUT2D eigenvalue weighted by Gasteiger charge is -2.35. The number of hydrogen-bond acceptors (Lipinski definition) is 6. The summed E-state index contributed by atoms with van der Waals surface area (Å²) < 4.78 is 5.40. The number of likely N-dealkylation sites (tertiary alicyclic amines) is 1. The molecule has 1 aliphatic carbocycles. The maximum atomic E-state index is 12.6. The minimum absolute atomic E-state index is 0.0870. The number of aliphatic hydroxyl groups excluding tert-OH is 1. The largest absolute Gasteiger partial charge is 0.478 e. The molecule has 0 bridgehead atoms. The SMILES string of the molecule is CCOc1cc(NC2CCN(C(=O)C(O)C3CCCCC3)CC2)ncn1.